The van der Waals surface area contributed by atoms with Crippen molar-refractivity contribution < 1.29 is 8.42 Å². The number of sulfonamides is 1. The predicted molar refractivity (Wildman–Crippen MR) is 118 cm³/mol. The van der Waals surface area contributed by atoms with Crippen molar-refractivity contribution in [3.8, 4) is 0 Å². The van der Waals surface area contributed by atoms with Gasteiger partial charge in [-0.2, -0.15) is 4.31 Å². The molecular weight excluding hydrogens is 406 g/mol. The lowest BCUT2D eigenvalue weighted by Crippen LogP contribution is -2.41. The number of benzene rings is 2. The van der Waals surface area contributed by atoms with Crippen molar-refractivity contribution in [2.24, 2.45) is 0 Å². The second-order valence-electron chi connectivity index (χ2n) is 7.49. The van der Waals surface area contributed by atoms with Crippen LogP contribution in [0.25, 0.3) is 10.9 Å². The molecule has 0 bridgehead atoms. The highest BCUT2D eigenvalue weighted by Gasteiger charge is 2.31. The summed E-state index contributed by atoms with van der Waals surface area (Å²) in [5, 5.41) is 4.82. The molecule has 0 saturated carbocycles. The first-order valence-electron chi connectivity index (χ1n) is 9.84. The van der Waals surface area contributed by atoms with Crippen molar-refractivity contribution in [1.29, 1.82) is 0 Å². The van der Waals surface area contributed by atoms with Gasteiger partial charge >= 0.3 is 0 Å². The third-order valence-electron chi connectivity index (χ3n) is 5.40. The number of halogens is 1. The third-order valence-corrected chi connectivity index (χ3v) is 7.66. The highest BCUT2D eigenvalue weighted by molar-refractivity contribution is 7.89. The Morgan fingerprint density at radius 3 is 2.66 bits per heavy atom. The second kappa shape index (κ2) is 8.30. The summed E-state index contributed by atoms with van der Waals surface area (Å²) in [6.07, 6.45) is 2.92. The molecule has 3 aromatic rings. The van der Waals surface area contributed by atoms with Crippen molar-refractivity contribution in [2.45, 2.75) is 43.7 Å². The Hall–Kier alpha value is -2.15. The van der Waals surface area contributed by atoms with Gasteiger partial charge in [0, 0.05) is 29.5 Å². The van der Waals surface area contributed by atoms with E-state index in [2.05, 4.69) is 10.3 Å². The average molecular weight is 430 g/mol. The molecule has 1 aliphatic heterocycles. The van der Waals surface area contributed by atoms with E-state index in [0.29, 0.717) is 23.0 Å². The standard InChI is InChI=1S/C22H24ClN3O2S/c1-16-4-2-3-13-26(16)29(27,28)20-10-11-21-18(14-20)7-12-22(25-21)24-15-17-5-8-19(23)9-6-17/h5-12,14,16H,2-4,13,15H2,1H3,(H,24,25)/t16-/m1/s1. The molecule has 1 aliphatic rings. The summed E-state index contributed by atoms with van der Waals surface area (Å²) in [5.41, 5.74) is 1.87. The smallest absolute Gasteiger partial charge is 0.243 e. The lowest BCUT2D eigenvalue weighted by molar-refractivity contribution is 0.268. The minimum atomic E-state index is -3.48. The molecule has 0 aliphatic carbocycles. The topological polar surface area (TPSA) is 62.3 Å². The molecule has 2 aromatic carbocycles. The van der Waals surface area contributed by atoms with E-state index in [1.54, 1.807) is 22.5 Å². The molecule has 1 aromatic heterocycles. The summed E-state index contributed by atoms with van der Waals surface area (Å²) in [6, 6.07) is 16.6. The van der Waals surface area contributed by atoms with Crippen molar-refractivity contribution in [2.75, 3.05) is 11.9 Å². The van der Waals surface area contributed by atoms with Gasteiger partial charge in [-0.25, -0.2) is 13.4 Å². The molecular formula is C22H24ClN3O2S. The Kier molecular flexibility index (Phi) is 5.76. The van der Waals surface area contributed by atoms with Gasteiger partial charge in [0.1, 0.15) is 5.82 Å². The number of fused-ring (bicyclic) bond motifs is 1. The van der Waals surface area contributed by atoms with Gasteiger partial charge in [0.15, 0.2) is 0 Å². The Bertz CT molecular complexity index is 1120. The van der Waals surface area contributed by atoms with E-state index in [4.69, 9.17) is 11.6 Å². The molecule has 4 rings (SSSR count). The van der Waals surface area contributed by atoms with Gasteiger partial charge in [-0.1, -0.05) is 30.2 Å². The van der Waals surface area contributed by atoms with E-state index in [0.717, 1.165) is 41.5 Å². The van der Waals surface area contributed by atoms with Gasteiger partial charge in [-0.05, 0) is 67.8 Å². The van der Waals surface area contributed by atoms with Gasteiger partial charge < -0.3 is 5.32 Å². The zero-order valence-corrected chi connectivity index (χ0v) is 17.9. The molecule has 5 nitrogen and oxygen atoms in total. The van der Waals surface area contributed by atoms with Crippen LogP contribution in [0.1, 0.15) is 31.7 Å². The normalized spacial score (nSPS) is 18.1. The second-order valence-corrected chi connectivity index (χ2v) is 9.82. The first-order valence-corrected chi connectivity index (χ1v) is 11.7. The first-order chi connectivity index (χ1) is 13.9. The van der Waals surface area contributed by atoms with Crippen LogP contribution in [0.5, 0.6) is 0 Å². The largest absolute Gasteiger partial charge is 0.366 e. The van der Waals surface area contributed by atoms with Crippen LogP contribution in [0.15, 0.2) is 59.5 Å². The number of rotatable bonds is 5. The van der Waals surface area contributed by atoms with Crippen LogP contribution in [0.2, 0.25) is 5.02 Å². The summed E-state index contributed by atoms with van der Waals surface area (Å²) >= 11 is 5.92. The third kappa shape index (κ3) is 4.39. The molecule has 152 valence electrons. The van der Waals surface area contributed by atoms with Crippen molar-refractivity contribution in [1.82, 2.24) is 9.29 Å². The van der Waals surface area contributed by atoms with E-state index in [-0.39, 0.29) is 6.04 Å². The Labute approximate surface area is 176 Å². The number of anilines is 1. The van der Waals surface area contributed by atoms with Crippen LogP contribution < -0.4 is 5.32 Å². The molecule has 1 atom stereocenters. The van der Waals surface area contributed by atoms with E-state index in [9.17, 15) is 8.42 Å². The molecule has 1 fully saturated rings. The first kappa shape index (κ1) is 20.1. The van der Waals surface area contributed by atoms with Gasteiger partial charge in [0.2, 0.25) is 10.0 Å². The van der Waals surface area contributed by atoms with Crippen LogP contribution in [0.3, 0.4) is 0 Å². The fraction of sp³-hybridized carbons (Fsp3) is 0.318. The zero-order valence-electron chi connectivity index (χ0n) is 16.3. The van der Waals surface area contributed by atoms with E-state index < -0.39 is 10.0 Å². The maximum absolute atomic E-state index is 13.1. The van der Waals surface area contributed by atoms with Crippen LogP contribution in [0, 0.1) is 0 Å². The number of pyridine rings is 1. The number of piperidine rings is 1. The Balaban J connectivity index is 1.54. The lowest BCUT2D eigenvalue weighted by Gasteiger charge is -2.32. The van der Waals surface area contributed by atoms with Gasteiger partial charge in [-0.15, -0.1) is 0 Å². The molecule has 29 heavy (non-hydrogen) atoms. The molecule has 1 saturated heterocycles. The number of nitrogens with one attached hydrogen (secondary N) is 1. The van der Waals surface area contributed by atoms with E-state index >= 15 is 0 Å². The van der Waals surface area contributed by atoms with E-state index in [1.807, 2.05) is 43.3 Å². The predicted octanol–water partition coefficient (Wildman–Crippen LogP) is 5.06. The summed E-state index contributed by atoms with van der Waals surface area (Å²) < 4.78 is 27.8. The Morgan fingerprint density at radius 1 is 1.10 bits per heavy atom. The quantitative estimate of drug-likeness (QED) is 0.615. The maximum Gasteiger partial charge on any atom is 0.243 e. The molecule has 0 spiro atoms. The zero-order chi connectivity index (χ0) is 20.4. The number of hydrogen-bond donors (Lipinski definition) is 1. The highest BCUT2D eigenvalue weighted by atomic mass is 35.5. The van der Waals surface area contributed by atoms with E-state index in [1.165, 1.54) is 0 Å². The molecule has 2 heterocycles. The SMILES string of the molecule is C[C@@H]1CCCCN1S(=O)(=O)c1ccc2nc(NCc3ccc(Cl)cc3)ccc2c1. The summed E-state index contributed by atoms with van der Waals surface area (Å²) in [4.78, 5) is 4.95. The fourth-order valence-electron chi connectivity index (χ4n) is 3.72. The molecule has 0 unspecified atom stereocenters. The monoisotopic (exact) mass is 429 g/mol. The summed E-state index contributed by atoms with van der Waals surface area (Å²) in [5.74, 6) is 0.743. The molecule has 0 radical (unpaired) electrons. The number of nitrogens with zero attached hydrogens (tertiary/aromatic N) is 2. The maximum atomic E-state index is 13.1. The molecule has 7 heteroatoms. The van der Waals surface area contributed by atoms with Gasteiger partial charge in [0.05, 0.1) is 10.4 Å². The van der Waals surface area contributed by atoms with Crippen molar-refractivity contribution >= 4 is 38.3 Å². The molecule has 0 amide bonds. The van der Waals surface area contributed by atoms with Gasteiger partial charge in [0.25, 0.3) is 0 Å². The minimum absolute atomic E-state index is 0.0435. The highest BCUT2D eigenvalue weighted by Crippen LogP contribution is 2.27. The summed E-state index contributed by atoms with van der Waals surface area (Å²) in [6.45, 7) is 3.21. The van der Waals surface area contributed by atoms with Crippen LogP contribution in [-0.4, -0.2) is 30.3 Å². The van der Waals surface area contributed by atoms with Crippen molar-refractivity contribution in [3.63, 3.8) is 0 Å². The minimum Gasteiger partial charge on any atom is -0.366 e. The Morgan fingerprint density at radius 2 is 1.90 bits per heavy atom. The van der Waals surface area contributed by atoms with Crippen molar-refractivity contribution in [3.05, 3.63) is 65.2 Å². The molecule has 1 N–H and O–H groups in total. The van der Waals surface area contributed by atoms with Crippen LogP contribution in [-0.2, 0) is 16.6 Å². The number of aromatic nitrogens is 1. The van der Waals surface area contributed by atoms with Crippen LogP contribution >= 0.6 is 11.6 Å². The fourth-order valence-corrected chi connectivity index (χ4v) is 5.58. The summed E-state index contributed by atoms with van der Waals surface area (Å²) in [7, 11) is -3.48. The van der Waals surface area contributed by atoms with Gasteiger partial charge in [-0.3, -0.25) is 0 Å². The average Bonchev–Trinajstić information content (AvgIpc) is 2.73. The number of hydrogen-bond acceptors (Lipinski definition) is 4. The lowest BCUT2D eigenvalue weighted by atomic mass is 10.1. The van der Waals surface area contributed by atoms with Crippen LogP contribution in [0.4, 0.5) is 5.82 Å².